The molecule has 1 saturated heterocycles. The number of anilines is 1. The summed E-state index contributed by atoms with van der Waals surface area (Å²) in [5.41, 5.74) is 1.65. The van der Waals surface area contributed by atoms with Crippen molar-refractivity contribution in [3.63, 3.8) is 0 Å². The zero-order valence-electron chi connectivity index (χ0n) is 21.6. The van der Waals surface area contributed by atoms with Crippen LogP contribution < -0.4 is 23.8 Å². The number of hydrogen-bond donors (Lipinski definition) is 0. The van der Waals surface area contributed by atoms with Gasteiger partial charge in [0.25, 0.3) is 0 Å². The lowest BCUT2D eigenvalue weighted by molar-refractivity contribution is -0.133. The second kappa shape index (κ2) is 11.1. The van der Waals surface area contributed by atoms with Crippen LogP contribution in [-0.2, 0) is 16.1 Å². The number of para-hydroxylation sites is 2. The number of amides is 1. The molecule has 0 saturated carbocycles. The van der Waals surface area contributed by atoms with E-state index in [1.165, 1.54) is 0 Å². The molecule has 0 spiro atoms. The summed E-state index contributed by atoms with van der Waals surface area (Å²) in [5.74, 6) is 3.65. The van der Waals surface area contributed by atoms with E-state index in [0.29, 0.717) is 56.6 Å². The first-order valence-corrected chi connectivity index (χ1v) is 12.6. The molecule has 2 aliphatic rings. The number of nitrogens with zero attached hydrogens (tertiary/aromatic N) is 3. The Morgan fingerprint density at radius 2 is 1.81 bits per heavy atom. The van der Waals surface area contributed by atoms with Crippen molar-refractivity contribution in [3.8, 4) is 23.0 Å². The van der Waals surface area contributed by atoms with E-state index in [1.54, 1.807) is 14.2 Å². The predicted molar refractivity (Wildman–Crippen MR) is 140 cm³/mol. The lowest BCUT2D eigenvalue weighted by Gasteiger charge is -2.33. The Kier molecular flexibility index (Phi) is 7.50. The molecule has 1 aromatic heterocycles. The first-order chi connectivity index (χ1) is 18.1. The fourth-order valence-corrected chi connectivity index (χ4v) is 4.83. The van der Waals surface area contributed by atoms with Gasteiger partial charge in [0.2, 0.25) is 5.91 Å². The lowest BCUT2D eigenvalue weighted by atomic mass is 10.1. The highest BCUT2D eigenvalue weighted by Crippen LogP contribution is 2.36. The Morgan fingerprint density at radius 3 is 2.54 bits per heavy atom. The minimum atomic E-state index is -0.278. The lowest BCUT2D eigenvalue weighted by Crippen LogP contribution is -2.43. The maximum Gasteiger partial charge on any atom is 0.222 e. The van der Waals surface area contributed by atoms with Gasteiger partial charge in [0.1, 0.15) is 29.4 Å². The van der Waals surface area contributed by atoms with Crippen molar-refractivity contribution < 1.29 is 28.5 Å². The minimum Gasteiger partial charge on any atom is -0.496 e. The maximum absolute atomic E-state index is 13.1. The molecule has 9 nitrogen and oxygen atoms in total. The third-order valence-electron chi connectivity index (χ3n) is 6.72. The molecule has 2 aromatic carbocycles. The van der Waals surface area contributed by atoms with E-state index in [4.69, 9.17) is 28.7 Å². The van der Waals surface area contributed by atoms with Crippen LogP contribution in [0.1, 0.15) is 18.9 Å². The van der Waals surface area contributed by atoms with Crippen molar-refractivity contribution in [3.05, 3.63) is 48.0 Å². The highest BCUT2D eigenvalue weighted by atomic mass is 16.6. The Labute approximate surface area is 216 Å². The third-order valence-corrected chi connectivity index (χ3v) is 6.72. The van der Waals surface area contributed by atoms with E-state index < -0.39 is 0 Å². The molecule has 5 rings (SSSR count). The Morgan fingerprint density at radius 1 is 1.08 bits per heavy atom. The van der Waals surface area contributed by atoms with Crippen LogP contribution in [0.3, 0.4) is 0 Å². The summed E-state index contributed by atoms with van der Waals surface area (Å²) in [6.07, 6.45) is 0.107. The second-order valence-electron chi connectivity index (χ2n) is 9.06. The van der Waals surface area contributed by atoms with Crippen molar-refractivity contribution in [1.82, 2.24) is 9.88 Å². The number of morpholine rings is 1. The maximum atomic E-state index is 13.1. The molecule has 3 heterocycles. The summed E-state index contributed by atoms with van der Waals surface area (Å²) >= 11 is 0. The van der Waals surface area contributed by atoms with Gasteiger partial charge in [-0.2, -0.15) is 0 Å². The number of pyridine rings is 1. The van der Waals surface area contributed by atoms with Gasteiger partial charge in [0.05, 0.1) is 34.0 Å². The van der Waals surface area contributed by atoms with Crippen LogP contribution in [0.4, 0.5) is 5.82 Å². The van der Waals surface area contributed by atoms with Gasteiger partial charge in [0, 0.05) is 37.0 Å². The standard InChI is InChI=1S/C28H33N3O6/c1-4-26(32)31(17-20-18-36-23-7-5-6-8-24(23)37-20)16-19-15-21-22(33-2)9-10-25(34-3)27(21)29-28(19)30-11-13-35-14-12-30/h5-10,15,20H,4,11-14,16-18H2,1-3H3/t20-/m1/s1. The van der Waals surface area contributed by atoms with Gasteiger partial charge >= 0.3 is 0 Å². The van der Waals surface area contributed by atoms with Gasteiger partial charge < -0.3 is 33.5 Å². The smallest absolute Gasteiger partial charge is 0.222 e. The average Bonchev–Trinajstić information content (AvgIpc) is 2.95. The van der Waals surface area contributed by atoms with E-state index in [1.807, 2.05) is 48.2 Å². The Bertz CT molecular complexity index is 1260. The number of carbonyl (C=O) groups is 1. The molecule has 0 unspecified atom stereocenters. The van der Waals surface area contributed by atoms with E-state index in [-0.39, 0.29) is 12.0 Å². The van der Waals surface area contributed by atoms with E-state index in [2.05, 4.69) is 11.0 Å². The normalized spacial score (nSPS) is 16.9. The Balaban J connectivity index is 1.51. The first kappa shape index (κ1) is 25.0. The van der Waals surface area contributed by atoms with Gasteiger partial charge in [-0.3, -0.25) is 4.79 Å². The topological polar surface area (TPSA) is 82.6 Å². The highest BCUT2D eigenvalue weighted by Gasteiger charge is 2.27. The quantitative estimate of drug-likeness (QED) is 0.457. The number of hydrogen-bond acceptors (Lipinski definition) is 8. The predicted octanol–water partition coefficient (Wildman–Crippen LogP) is 3.67. The molecular weight excluding hydrogens is 474 g/mol. The van der Waals surface area contributed by atoms with E-state index in [9.17, 15) is 4.79 Å². The van der Waals surface area contributed by atoms with Gasteiger partial charge in [-0.1, -0.05) is 19.1 Å². The van der Waals surface area contributed by atoms with Crippen molar-refractivity contribution in [2.75, 3.05) is 58.6 Å². The molecule has 0 N–H and O–H groups in total. The van der Waals surface area contributed by atoms with Crippen molar-refractivity contribution >= 4 is 22.6 Å². The summed E-state index contributed by atoms with van der Waals surface area (Å²) < 4.78 is 28.9. The SMILES string of the molecule is CCC(=O)N(Cc1cc2c(OC)ccc(OC)c2nc1N1CCOCC1)C[C@@H]1COc2ccccc2O1. The van der Waals surface area contributed by atoms with Crippen LogP contribution in [0.2, 0.25) is 0 Å². The van der Waals surface area contributed by atoms with Crippen molar-refractivity contribution in [2.24, 2.45) is 0 Å². The number of aromatic nitrogens is 1. The molecule has 2 aliphatic heterocycles. The van der Waals surface area contributed by atoms with E-state index in [0.717, 1.165) is 41.1 Å². The zero-order chi connectivity index (χ0) is 25.8. The van der Waals surface area contributed by atoms with Gasteiger partial charge in [-0.05, 0) is 30.3 Å². The summed E-state index contributed by atoms with van der Waals surface area (Å²) in [6.45, 7) is 5.71. The number of carbonyl (C=O) groups excluding carboxylic acids is 1. The van der Waals surface area contributed by atoms with Gasteiger partial charge in [-0.25, -0.2) is 4.98 Å². The van der Waals surface area contributed by atoms with Crippen LogP contribution >= 0.6 is 0 Å². The van der Waals surface area contributed by atoms with Crippen LogP contribution in [0.5, 0.6) is 23.0 Å². The molecule has 1 amide bonds. The molecule has 3 aromatic rings. The number of ether oxygens (including phenoxy) is 5. The largest absolute Gasteiger partial charge is 0.496 e. The second-order valence-corrected chi connectivity index (χ2v) is 9.06. The summed E-state index contributed by atoms with van der Waals surface area (Å²) in [6, 6.07) is 13.4. The molecule has 0 aliphatic carbocycles. The van der Waals surface area contributed by atoms with Gasteiger partial charge in [-0.15, -0.1) is 0 Å². The van der Waals surface area contributed by atoms with Crippen molar-refractivity contribution in [2.45, 2.75) is 26.0 Å². The van der Waals surface area contributed by atoms with E-state index >= 15 is 0 Å². The molecule has 1 atom stereocenters. The fraction of sp³-hybridized carbons (Fsp3) is 0.429. The highest BCUT2D eigenvalue weighted by molar-refractivity contribution is 5.92. The molecule has 0 bridgehead atoms. The fourth-order valence-electron chi connectivity index (χ4n) is 4.83. The molecule has 1 fully saturated rings. The monoisotopic (exact) mass is 507 g/mol. The summed E-state index contributed by atoms with van der Waals surface area (Å²) in [5, 5.41) is 0.837. The average molecular weight is 508 g/mol. The molecule has 196 valence electrons. The van der Waals surface area contributed by atoms with Crippen LogP contribution in [0.25, 0.3) is 10.9 Å². The number of benzene rings is 2. The van der Waals surface area contributed by atoms with Crippen LogP contribution in [0, 0.1) is 0 Å². The Hall–Kier alpha value is -3.72. The van der Waals surface area contributed by atoms with Crippen LogP contribution in [-0.4, -0.2) is 75.6 Å². The molecule has 0 radical (unpaired) electrons. The molecule has 9 heteroatoms. The van der Waals surface area contributed by atoms with Crippen molar-refractivity contribution in [1.29, 1.82) is 0 Å². The minimum absolute atomic E-state index is 0.0353. The number of rotatable bonds is 8. The third kappa shape index (κ3) is 5.22. The number of fused-ring (bicyclic) bond motifs is 2. The molecule has 37 heavy (non-hydrogen) atoms. The zero-order valence-corrected chi connectivity index (χ0v) is 21.6. The number of methoxy groups -OCH3 is 2. The molecular formula is C28H33N3O6. The first-order valence-electron chi connectivity index (χ1n) is 12.6. The summed E-state index contributed by atoms with van der Waals surface area (Å²) in [4.78, 5) is 22.3. The summed E-state index contributed by atoms with van der Waals surface area (Å²) in [7, 11) is 3.28. The van der Waals surface area contributed by atoms with Gasteiger partial charge in [0.15, 0.2) is 17.6 Å². The van der Waals surface area contributed by atoms with Crippen LogP contribution in [0.15, 0.2) is 42.5 Å².